The summed E-state index contributed by atoms with van der Waals surface area (Å²) >= 11 is 0. The second-order valence-electron chi connectivity index (χ2n) is 4.27. The quantitative estimate of drug-likeness (QED) is 0.679. The molecule has 0 heteroatoms. The average Bonchev–Trinajstić information content (AvgIpc) is 3.11. The van der Waals surface area contributed by atoms with Gasteiger partial charge in [0, 0.05) is 0 Å². The van der Waals surface area contributed by atoms with Gasteiger partial charge in [0.2, 0.25) is 0 Å². The zero-order valence-electron chi connectivity index (χ0n) is 8.64. The van der Waals surface area contributed by atoms with Gasteiger partial charge in [-0.3, -0.25) is 0 Å². The van der Waals surface area contributed by atoms with Gasteiger partial charge in [0.15, 0.2) is 0 Å². The molecule has 15 heavy (non-hydrogen) atoms. The lowest BCUT2D eigenvalue weighted by molar-refractivity contribution is 1.03. The topological polar surface area (TPSA) is 0 Å². The fourth-order valence-corrected chi connectivity index (χ4v) is 2.33. The van der Waals surface area contributed by atoms with Crippen LogP contribution in [-0.4, -0.2) is 0 Å². The highest BCUT2D eigenvalue weighted by atomic mass is 14.4. The zero-order chi connectivity index (χ0) is 10.1. The summed E-state index contributed by atoms with van der Waals surface area (Å²) in [7, 11) is 0. The Hall–Kier alpha value is -1.56. The first-order valence-corrected chi connectivity index (χ1v) is 5.55. The molecule has 1 saturated carbocycles. The minimum Gasteiger partial charge on any atom is -0.0622 e. The maximum Gasteiger partial charge on any atom is -0.00868 e. The molecule has 0 spiro atoms. The smallest absolute Gasteiger partial charge is 0.00868 e. The van der Waals surface area contributed by atoms with Gasteiger partial charge in [-0.25, -0.2) is 0 Å². The van der Waals surface area contributed by atoms with Gasteiger partial charge in [0.25, 0.3) is 0 Å². The molecule has 2 aromatic carbocycles. The minimum atomic E-state index is 0.758. The molecule has 0 unspecified atom stereocenters. The van der Waals surface area contributed by atoms with Gasteiger partial charge in [-0.05, 0) is 29.4 Å². The molecule has 0 N–H and O–H groups in total. The molecular formula is C15H14. The van der Waals surface area contributed by atoms with E-state index >= 15 is 0 Å². The number of hydrogen-bond donors (Lipinski definition) is 0. The van der Waals surface area contributed by atoms with Crippen LogP contribution < -0.4 is 0 Å². The van der Waals surface area contributed by atoms with Crippen molar-refractivity contribution >= 4 is 0 Å². The largest absolute Gasteiger partial charge is 0.0622 e. The van der Waals surface area contributed by atoms with E-state index in [9.17, 15) is 0 Å². The third-order valence-electron chi connectivity index (χ3n) is 3.25. The molecule has 0 bridgehead atoms. The molecule has 2 aromatic rings. The van der Waals surface area contributed by atoms with Gasteiger partial charge >= 0.3 is 0 Å². The van der Waals surface area contributed by atoms with Crippen LogP contribution in [0, 0.1) is 0 Å². The summed E-state index contributed by atoms with van der Waals surface area (Å²) in [5.74, 6) is 1.52. The third kappa shape index (κ3) is 1.68. The Morgan fingerprint density at radius 2 is 1.00 bits per heavy atom. The van der Waals surface area contributed by atoms with Gasteiger partial charge in [-0.2, -0.15) is 0 Å². The normalized spacial score (nSPS) is 23.7. The number of hydrogen-bond acceptors (Lipinski definition) is 0. The van der Waals surface area contributed by atoms with E-state index in [-0.39, 0.29) is 0 Å². The monoisotopic (exact) mass is 194 g/mol. The van der Waals surface area contributed by atoms with Crippen molar-refractivity contribution in [1.82, 2.24) is 0 Å². The molecule has 0 nitrogen and oxygen atoms in total. The Bertz CT molecular complexity index is 387. The summed E-state index contributed by atoms with van der Waals surface area (Å²) < 4.78 is 0. The van der Waals surface area contributed by atoms with Gasteiger partial charge in [-0.1, -0.05) is 60.7 Å². The summed E-state index contributed by atoms with van der Waals surface area (Å²) in [4.78, 5) is 0. The fourth-order valence-electron chi connectivity index (χ4n) is 2.33. The molecule has 0 aliphatic heterocycles. The SMILES string of the molecule is c1ccc([C@H]2C[C@@H]2c2ccccc2)cc1. The standard InChI is InChI=1S/C15H14/c1-3-7-12(8-4-1)14-11-15(14)13-9-5-2-6-10-13/h1-10,14-15H,11H2/t14-,15-/m1/s1. The molecule has 74 valence electrons. The predicted molar refractivity (Wildman–Crippen MR) is 63.0 cm³/mol. The van der Waals surface area contributed by atoms with E-state index in [2.05, 4.69) is 60.7 Å². The molecule has 0 amide bonds. The van der Waals surface area contributed by atoms with Gasteiger partial charge in [0.05, 0.1) is 0 Å². The van der Waals surface area contributed by atoms with E-state index in [4.69, 9.17) is 0 Å². The lowest BCUT2D eigenvalue weighted by Crippen LogP contribution is -1.82. The highest BCUT2D eigenvalue weighted by Gasteiger charge is 2.38. The van der Waals surface area contributed by atoms with Crippen molar-refractivity contribution in [2.75, 3.05) is 0 Å². The highest BCUT2D eigenvalue weighted by molar-refractivity contribution is 5.35. The maximum absolute atomic E-state index is 2.24. The summed E-state index contributed by atoms with van der Waals surface area (Å²) in [6.07, 6.45) is 1.31. The molecule has 1 aliphatic rings. The average molecular weight is 194 g/mol. The summed E-state index contributed by atoms with van der Waals surface area (Å²) in [6, 6.07) is 21.7. The van der Waals surface area contributed by atoms with Crippen LogP contribution in [0.2, 0.25) is 0 Å². The van der Waals surface area contributed by atoms with Crippen LogP contribution in [0.5, 0.6) is 0 Å². The van der Waals surface area contributed by atoms with E-state index in [0.29, 0.717) is 0 Å². The van der Waals surface area contributed by atoms with Crippen molar-refractivity contribution in [3.63, 3.8) is 0 Å². The van der Waals surface area contributed by atoms with Crippen molar-refractivity contribution in [3.05, 3.63) is 71.8 Å². The molecule has 2 atom stereocenters. The van der Waals surface area contributed by atoms with Crippen molar-refractivity contribution in [1.29, 1.82) is 0 Å². The lowest BCUT2D eigenvalue weighted by atomic mass is 10.0. The van der Waals surface area contributed by atoms with Gasteiger partial charge < -0.3 is 0 Å². The molecular weight excluding hydrogens is 180 g/mol. The van der Waals surface area contributed by atoms with Crippen LogP contribution in [0.3, 0.4) is 0 Å². The molecule has 0 saturated heterocycles. The fraction of sp³-hybridized carbons (Fsp3) is 0.200. The zero-order valence-corrected chi connectivity index (χ0v) is 8.64. The lowest BCUT2D eigenvalue weighted by Gasteiger charge is -2.00. The maximum atomic E-state index is 2.24. The third-order valence-corrected chi connectivity index (χ3v) is 3.25. The molecule has 0 aromatic heterocycles. The molecule has 0 radical (unpaired) electrons. The first-order chi connectivity index (χ1) is 7.45. The first-order valence-electron chi connectivity index (χ1n) is 5.55. The Balaban J connectivity index is 1.81. The number of rotatable bonds is 2. The van der Waals surface area contributed by atoms with Crippen molar-refractivity contribution in [3.8, 4) is 0 Å². The van der Waals surface area contributed by atoms with E-state index in [1.165, 1.54) is 17.5 Å². The second-order valence-corrected chi connectivity index (χ2v) is 4.27. The molecule has 0 heterocycles. The Morgan fingerprint density at radius 3 is 1.40 bits per heavy atom. The van der Waals surface area contributed by atoms with Crippen LogP contribution >= 0.6 is 0 Å². The van der Waals surface area contributed by atoms with E-state index in [0.717, 1.165) is 11.8 Å². The summed E-state index contributed by atoms with van der Waals surface area (Å²) in [5, 5.41) is 0. The van der Waals surface area contributed by atoms with E-state index in [1.807, 2.05) is 0 Å². The van der Waals surface area contributed by atoms with Crippen LogP contribution in [-0.2, 0) is 0 Å². The van der Waals surface area contributed by atoms with Gasteiger partial charge in [0.1, 0.15) is 0 Å². The summed E-state index contributed by atoms with van der Waals surface area (Å²) in [6.45, 7) is 0. The van der Waals surface area contributed by atoms with E-state index in [1.54, 1.807) is 0 Å². The summed E-state index contributed by atoms with van der Waals surface area (Å²) in [5.41, 5.74) is 2.98. The van der Waals surface area contributed by atoms with Gasteiger partial charge in [-0.15, -0.1) is 0 Å². The van der Waals surface area contributed by atoms with Crippen molar-refractivity contribution in [2.24, 2.45) is 0 Å². The minimum absolute atomic E-state index is 0.758. The highest BCUT2D eigenvalue weighted by Crippen LogP contribution is 2.54. The van der Waals surface area contributed by atoms with Crippen LogP contribution in [0.1, 0.15) is 29.4 Å². The van der Waals surface area contributed by atoms with Crippen LogP contribution in [0.25, 0.3) is 0 Å². The predicted octanol–water partition coefficient (Wildman–Crippen LogP) is 3.96. The Morgan fingerprint density at radius 1 is 0.600 bits per heavy atom. The van der Waals surface area contributed by atoms with Crippen molar-refractivity contribution in [2.45, 2.75) is 18.3 Å². The molecule has 1 aliphatic carbocycles. The molecule has 3 rings (SSSR count). The number of benzene rings is 2. The first kappa shape index (κ1) is 8.72. The Labute approximate surface area is 90.6 Å². The second kappa shape index (κ2) is 3.54. The Kier molecular flexibility index (Phi) is 2.06. The van der Waals surface area contributed by atoms with Crippen LogP contribution in [0.15, 0.2) is 60.7 Å². The van der Waals surface area contributed by atoms with Crippen LogP contribution in [0.4, 0.5) is 0 Å². The van der Waals surface area contributed by atoms with E-state index < -0.39 is 0 Å². The molecule has 1 fully saturated rings. The van der Waals surface area contributed by atoms with Crippen molar-refractivity contribution < 1.29 is 0 Å².